The van der Waals surface area contributed by atoms with Crippen LogP contribution < -0.4 is 4.74 Å². The number of hydrogen-bond acceptors (Lipinski definition) is 3. The summed E-state index contributed by atoms with van der Waals surface area (Å²) in [4.78, 5) is 18.7. The summed E-state index contributed by atoms with van der Waals surface area (Å²) in [6, 6.07) is 13.9. The number of pyridine rings is 1. The Kier molecular flexibility index (Phi) is 4.44. The topological polar surface area (TPSA) is 47.4 Å². The van der Waals surface area contributed by atoms with Crippen LogP contribution in [0.1, 0.15) is 6.42 Å². The minimum atomic E-state index is -0.000896. The monoisotopic (exact) mass is 399 g/mol. The van der Waals surface area contributed by atoms with Gasteiger partial charge in [-0.2, -0.15) is 0 Å². The maximum absolute atomic E-state index is 12.6. The van der Waals surface area contributed by atoms with Crippen molar-refractivity contribution in [1.29, 1.82) is 0 Å². The highest BCUT2D eigenvalue weighted by Crippen LogP contribution is 2.20. The van der Waals surface area contributed by atoms with Gasteiger partial charge in [-0.25, -0.2) is 4.98 Å². The number of likely N-dealkylation sites (tertiary alicyclic amines) is 1. The van der Waals surface area contributed by atoms with Crippen molar-refractivity contribution in [3.63, 3.8) is 0 Å². The number of para-hydroxylation sites is 1. The zero-order valence-electron chi connectivity index (χ0n) is 13.6. The van der Waals surface area contributed by atoms with E-state index in [0.29, 0.717) is 19.0 Å². The van der Waals surface area contributed by atoms with E-state index in [1.807, 2.05) is 52.1 Å². The van der Waals surface area contributed by atoms with Crippen molar-refractivity contribution in [2.45, 2.75) is 19.1 Å². The molecule has 25 heavy (non-hydrogen) atoms. The van der Waals surface area contributed by atoms with Crippen molar-refractivity contribution in [3.05, 3.63) is 59.3 Å². The van der Waals surface area contributed by atoms with Gasteiger partial charge in [-0.3, -0.25) is 4.79 Å². The highest BCUT2D eigenvalue weighted by molar-refractivity contribution is 9.10. The molecule has 0 aliphatic carbocycles. The van der Waals surface area contributed by atoms with E-state index in [0.717, 1.165) is 28.3 Å². The van der Waals surface area contributed by atoms with Gasteiger partial charge in [-0.15, -0.1) is 0 Å². The van der Waals surface area contributed by atoms with E-state index >= 15 is 0 Å². The van der Waals surface area contributed by atoms with Gasteiger partial charge in [0.1, 0.15) is 12.6 Å². The SMILES string of the molecule is O=C(Cn1ccc2ccccc21)N1CCC(Oc2ccc(Br)cn2)C1. The lowest BCUT2D eigenvalue weighted by Gasteiger charge is -2.17. The number of benzene rings is 1. The van der Waals surface area contributed by atoms with Crippen molar-refractivity contribution in [2.75, 3.05) is 13.1 Å². The van der Waals surface area contributed by atoms with Gasteiger partial charge >= 0.3 is 0 Å². The van der Waals surface area contributed by atoms with Crippen LogP contribution >= 0.6 is 15.9 Å². The van der Waals surface area contributed by atoms with Crippen LogP contribution in [0.4, 0.5) is 0 Å². The van der Waals surface area contributed by atoms with Crippen LogP contribution in [0.15, 0.2) is 59.3 Å². The zero-order valence-corrected chi connectivity index (χ0v) is 15.2. The quantitative estimate of drug-likeness (QED) is 0.674. The van der Waals surface area contributed by atoms with E-state index in [-0.39, 0.29) is 12.0 Å². The minimum absolute atomic E-state index is 0.000896. The largest absolute Gasteiger partial charge is 0.472 e. The molecule has 128 valence electrons. The molecule has 5 nitrogen and oxygen atoms in total. The molecule has 6 heteroatoms. The summed E-state index contributed by atoms with van der Waals surface area (Å²) >= 11 is 3.36. The van der Waals surface area contributed by atoms with Gasteiger partial charge in [0, 0.05) is 41.4 Å². The third-order valence-corrected chi connectivity index (χ3v) is 4.94. The summed E-state index contributed by atoms with van der Waals surface area (Å²) in [7, 11) is 0. The van der Waals surface area contributed by atoms with Crippen molar-refractivity contribution in [1.82, 2.24) is 14.5 Å². The third kappa shape index (κ3) is 3.54. The van der Waals surface area contributed by atoms with Crippen LogP contribution in [-0.2, 0) is 11.3 Å². The second-order valence-corrected chi connectivity index (χ2v) is 7.10. The summed E-state index contributed by atoms with van der Waals surface area (Å²) < 4.78 is 8.80. The van der Waals surface area contributed by atoms with Crippen LogP contribution in [0.3, 0.4) is 0 Å². The lowest BCUT2D eigenvalue weighted by molar-refractivity contribution is -0.131. The van der Waals surface area contributed by atoms with E-state index in [9.17, 15) is 4.79 Å². The van der Waals surface area contributed by atoms with Gasteiger partial charge in [-0.05, 0) is 39.5 Å². The van der Waals surface area contributed by atoms with Gasteiger partial charge in [0.15, 0.2) is 0 Å². The molecular formula is C19H18BrN3O2. The van der Waals surface area contributed by atoms with Crippen molar-refractivity contribution >= 4 is 32.7 Å². The Morgan fingerprint density at radius 2 is 2.12 bits per heavy atom. The van der Waals surface area contributed by atoms with Gasteiger partial charge in [0.2, 0.25) is 11.8 Å². The Hall–Kier alpha value is -2.34. The van der Waals surface area contributed by atoms with Crippen LogP contribution in [-0.4, -0.2) is 39.6 Å². The standard InChI is InChI=1S/C19H18BrN3O2/c20-15-5-6-18(21-11-15)25-16-8-10-23(12-16)19(24)13-22-9-7-14-3-1-2-4-17(14)22/h1-7,9,11,16H,8,10,12-13H2. The fraction of sp³-hybridized carbons (Fsp3) is 0.263. The Morgan fingerprint density at radius 3 is 2.96 bits per heavy atom. The van der Waals surface area contributed by atoms with Gasteiger partial charge < -0.3 is 14.2 Å². The highest BCUT2D eigenvalue weighted by Gasteiger charge is 2.28. The van der Waals surface area contributed by atoms with Crippen molar-refractivity contribution < 1.29 is 9.53 Å². The number of fused-ring (bicyclic) bond motifs is 1. The molecule has 0 radical (unpaired) electrons. The predicted molar refractivity (Wildman–Crippen MR) is 99.5 cm³/mol. The summed E-state index contributed by atoms with van der Waals surface area (Å²) in [5.74, 6) is 0.718. The molecule has 1 fully saturated rings. The fourth-order valence-corrected chi connectivity index (χ4v) is 3.41. The number of hydrogen-bond donors (Lipinski definition) is 0. The predicted octanol–water partition coefficient (Wildman–Crippen LogP) is 3.48. The first-order valence-corrected chi connectivity index (χ1v) is 9.08. The maximum Gasteiger partial charge on any atom is 0.242 e. The van der Waals surface area contributed by atoms with E-state index in [1.54, 1.807) is 6.20 Å². The Morgan fingerprint density at radius 1 is 1.24 bits per heavy atom. The average molecular weight is 400 g/mol. The number of halogens is 1. The molecule has 1 aromatic carbocycles. The zero-order chi connectivity index (χ0) is 17.2. The minimum Gasteiger partial charge on any atom is -0.472 e. The number of rotatable bonds is 4. The molecule has 1 aliphatic heterocycles. The summed E-state index contributed by atoms with van der Waals surface area (Å²) in [5.41, 5.74) is 1.09. The van der Waals surface area contributed by atoms with E-state index in [4.69, 9.17) is 4.74 Å². The molecule has 1 amide bonds. The molecule has 0 saturated carbocycles. The van der Waals surface area contributed by atoms with E-state index in [1.165, 1.54) is 0 Å². The third-order valence-electron chi connectivity index (χ3n) is 4.47. The first-order chi connectivity index (χ1) is 12.2. The molecule has 1 atom stereocenters. The van der Waals surface area contributed by atoms with Crippen molar-refractivity contribution in [3.8, 4) is 5.88 Å². The number of amides is 1. The molecule has 0 bridgehead atoms. The normalized spacial score (nSPS) is 17.2. The van der Waals surface area contributed by atoms with Crippen LogP contribution in [0.2, 0.25) is 0 Å². The number of carbonyl (C=O) groups is 1. The average Bonchev–Trinajstić information content (AvgIpc) is 3.25. The lowest BCUT2D eigenvalue weighted by atomic mass is 10.2. The first kappa shape index (κ1) is 16.1. The van der Waals surface area contributed by atoms with Crippen LogP contribution in [0.25, 0.3) is 10.9 Å². The number of ether oxygens (including phenoxy) is 1. The number of carbonyl (C=O) groups excluding carboxylic acids is 1. The lowest BCUT2D eigenvalue weighted by Crippen LogP contribution is -2.33. The fourth-order valence-electron chi connectivity index (χ4n) is 3.18. The Bertz CT molecular complexity index is 891. The summed E-state index contributed by atoms with van der Waals surface area (Å²) in [6.07, 6.45) is 4.51. The Labute approximate surface area is 154 Å². The Balaban J connectivity index is 1.38. The molecule has 1 saturated heterocycles. The maximum atomic E-state index is 12.6. The van der Waals surface area contributed by atoms with E-state index in [2.05, 4.69) is 27.0 Å². The molecule has 0 N–H and O–H groups in total. The highest BCUT2D eigenvalue weighted by atomic mass is 79.9. The molecule has 2 aromatic heterocycles. The molecule has 3 aromatic rings. The molecular weight excluding hydrogens is 382 g/mol. The second kappa shape index (κ2) is 6.88. The smallest absolute Gasteiger partial charge is 0.242 e. The first-order valence-electron chi connectivity index (χ1n) is 8.29. The van der Waals surface area contributed by atoms with E-state index < -0.39 is 0 Å². The second-order valence-electron chi connectivity index (χ2n) is 6.19. The molecule has 1 unspecified atom stereocenters. The van der Waals surface area contributed by atoms with Gasteiger partial charge in [0.25, 0.3) is 0 Å². The van der Waals surface area contributed by atoms with Crippen molar-refractivity contribution in [2.24, 2.45) is 0 Å². The summed E-state index contributed by atoms with van der Waals surface area (Å²) in [6.45, 7) is 1.69. The van der Waals surface area contributed by atoms with Gasteiger partial charge in [0.05, 0.1) is 6.54 Å². The van der Waals surface area contributed by atoms with Crippen LogP contribution in [0, 0.1) is 0 Å². The molecule has 1 aliphatic rings. The molecule has 4 rings (SSSR count). The number of nitrogens with zero attached hydrogens (tertiary/aromatic N) is 3. The molecule has 3 heterocycles. The molecule has 0 spiro atoms. The number of aromatic nitrogens is 2. The summed E-state index contributed by atoms with van der Waals surface area (Å²) in [5, 5.41) is 1.15. The van der Waals surface area contributed by atoms with Gasteiger partial charge in [-0.1, -0.05) is 18.2 Å². The van der Waals surface area contributed by atoms with Crippen LogP contribution in [0.5, 0.6) is 5.88 Å².